The molecule has 40 heavy (non-hydrogen) atoms. The van der Waals surface area contributed by atoms with Crippen molar-refractivity contribution in [1.82, 2.24) is 5.32 Å². The summed E-state index contributed by atoms with van der Waals surface area (Å²) in [7, 11) is 0. The van der Waals surface area contributed by atoms with Crippen LogP contribution in [0.1, 0.15) is 99.1 Å². The highest BCUT2D eigenvalue weighted by Gasteiger charge is 2.27. The van der Waals surface area contributed by atoms with Crippen LogP contribution in [0.2, 0.25) is 0 Å². The van der Waals surface area contributed by atoms with Crippen LogP contribution >= 0.6 is 12.4 Å². The first kappa shape index (κ1) is 38.2. The minimum absolute atomic E-state index is 0. The number of rotatable bonds is 17. The van der Waals surface area contributed by atoms with Crippen molar-refractivity contribution in [2.24, 2.45) is 29.4 Å². The summed E-state index contributed by atoms with van der Waals surface area (Å²) < 4.78 is 11.3. The second-order valence-electron chi connectivity index (χ2n) is 12.5. The van der Waals surface area contributed by atoms with Gasteiger partial charge in [0, 0.05) is 18.5 Å². The zero-order valence-electron chi connectivity index (χ0n) is 26.4. The van der Waals surface area contributed by atoms with Gasteiger partial charge in [-0.3, -0.25) is 9.59 Å². The van der Waals surface area contributed by atoms with E-state index in [4.69, 9.17) is 15.2 Å². The van der Waals surface area contributed by atoms with Gasteiger partial charge < -0.3 is 25.6 Å². The Morgan fingerprint density at radius 3 is 2.25 bits per heavy atom. The number of nitrogens with two attached hydrogens (primary N) is 1. The van der Waals surface area contributed by atoms with Crippen molar-refractivity contribution < 1.29 is 24.2 Å². The molecule has 0 aliphatic heterocycles. The highest BCUT2D eigenvalue weighted by molar-refractivity contribution is 5.85. The number of amides is 1. The highest BCUT2D eigenvalue weighted by Crippen LogP contribution is 2.34. The molecule has 7 nitrogen and oxygen atoms in total. The molecule has 1 aromatic carbocycles. The maximum absolute atomic E-state index is 12.3. The summed E-state index contributed by atoms with van der Waals surface area (Å²) in [5.74, 6) is 0.446. The molecular formula is C32H57ClN2O5. The number of carbonyl (C=O) groups excluding carboxylic acids is 2. The standard InChI is InChI=1S/C32H56N2O5.ClH/c1-10-12-15-34-30(36)22(5)16-28(35)27(33)19-25(21(3)4)17-24-13-14-26(32(7,8)9)29(18-24)39-20-23(6)31(37)38-11-2;/h13-14,18,21-23,25,27-28,35H,10-12,15-17,19-20,33H2,1-9H3,(H,34,36);1H/t22-,23+,25+,27+,28+;/m1./s1. The largest absolute Gasteiger partial charge is 0.492 e. The summed E-state index contributed by atoms with van der Waals surface area (Å²) in [5.41, 5.74) is 8.57. The summed E-state index contributed by atoms with van der Waals surface area (Å²) in [5, 5.41) is 13.8. The van der Waals surface area contributed by atoms with E-state index in [2.05, 4.69) is 65.1 Å². The number of unbranched alkanes of at least 4 members (excludes halogenated alkanes) is 1. The average Bonchev–Trinajstić information content (AvgIpc) is 2.86. The molecule has 0 fully saturated rings. The molecule has 0 saturated carbocycles. The summed E-state index contributed by atoms with van der Waals surface area (Å²) in [4.78, 5) is 24.4. The molecule has 1 aromatic rings. The number of hydrogen-bond acceptors (Lipinski definition) is 6. The average molecular weight is 585 g/mol. The van der Waals surface area contributed by atoms with Gasteiger partial charge in [0.05, 0.1) is 18.6 Å². The van der Waals surface area contributed by atoms with Crippen molar-refractivity contribution in [3.05, 3.63) is 29.3 Å². The van der Waals surface area contributed by atoms with Crippen LogP contribution in [-0.4, -0.2) is 48.9 Å². The number of nitrogens with one attached hydrogen (secondary N) is 1. The molecule has 4 N–H and O–H groups in total. The monoisotopic (exact) mass is 584 g/mol. The second kappa shape index (κ2) is 18.6. The predicted octanol–water partition coefficient (Wildman–Crippen LogP) is 5.82. The Hall–Kier alpha value is -1.83. The fraction of sp³-hybridized carbons (Fsp3) is 0.750. The first-order valence-electron chi connectivity index (χ1n) is 14.8. The van der Waals surface area contributed by atoms with E-state index in [1.807, 2.05) is 13.8 Å². The molecule has 0 aromatic heterocycles. The highest BCUT2D eigenvalue weighted by atomic mass is 35.5. The third-order valence-electron chi connectivity index (χ3n) is 7.41. The molecule has 0 aliphatic carbocycles. The first-order valence-corrected chi connectivity index (χ1v) is 14.8. The molecule has 1 rings (SSSR count). The molecule has 232 valence electrons. The van der Waals surface area contributed by atoms with Crippen LogP contribution in [0.25, 0.3) is 0 Å². The molecule has 5 atom stereocenters. The van der Waals surface area contributed by atoms with Crippen LogP contribution < -0.4 is 15.8 Å². The van der Waals surface area contributed by atoms with E-state index in [9.17, 15) is 14.7 Å². The van der Waals surface area contributed by atoms with Gasteiger partial charge in [-0.05, 0) is 74.0 Å². The zero-order chi connectivity index (χ0) is 29.8. The molecule has 0 unspecified atom stereocenters. The molecular weight excluding hydrogens is 528 g/mol. The van der Waals surface area contributed by atoms with Gasteiger partial charge in [0.15, 0.2) is 0 Å². The quantitative estimate of drug-likeness (QED) is 0.157. The minimum atomic E-state index is -0.746. The Bertz CT molecular complexity index is 887. The van der Waals surface area contributed by atoms with Crippen molar-refractivity contribution in [2.75, 3.05) is 19.8 Å². The van der Waals surface area contributed by atoms with Crippen molar-refractivity contribution in [3.63, 3.8) is 0 Å². The smallest absolute Gasteiger partial charge is 0.312 e. The van der Waals surface area contributed by atoms with E-state index in [0.717, 1.165) is 36.1 Å². The zero-order valence-corrected chi connectivity index (χ0v) is 27.2. The number of hydrogen-bond donors (Lipinski definition) is 3. The topological polar surface area (TPSA) is 111 Å². The normalized spacial score (nSPS) is 15.4. The third-order valence-corrected chi connectivity index (χ3v) is 7.41. The van der Waals surface area contributed by atoms with Crippen LogP contribution in [0.5, 0.6) is 5.75 Å². The van der Waals surface area contributed by atoms with E-state index in [1.54, 1.807) is 6.92 Å². The van der Waals surface area contributed by atoms with Gasteiger partial charge in [-0.25, -0.2) is 0 Å². The van der Waals surface area contributed by atoms with Gasteiger partial charge in [0.2, 0.25) is 5.91 Å². The number of carbonyl (C=O) groups is 2. The summed E-state index contributed by atoms with van der Waals surface area (Å²) in [6.45, 7) is 19.6. The van der Waals surface area contributed by atoms with E-state index in [1.165, 1.54) is 0 Å². The molecule has 0 saturated heterocycles. The molecule has 0 aliphatic rings. The van der Waals surface area contributed by atoms with Crippen molar-refractivity contribution in [1.29, 1.82) is 0 Å². The van der Waals surface area contributed by atoms with Crippen LogP contribution in [0.3, 0.4) is 0 Å². The Labute approximate surface area is 249 Å². The number of benzene rings is 1. The van der Waals surface area contributed by atoms with Crippen molar-refractivity contribution >= 4 is 24.3 Å². The fourth-order valence-corrected chi connectivity index (χ4v) is 4.61. The SMILES string of the molecule is CCCCNC(=O)[C@H](C)C[C@H](O)[C@@H](N)C[C@H](Cc1ccc(C(C)(C)C)c(OC[C@H](C)C(=O)OCC)c1)C(C)C.Cl. The second-order valence-corrected chi connectivity index (χ2v) is 12.5. The molecule has 0 radical (unpaired) electrons. The van der Waals surface area contributed by atoms with E-state index in [-0.39, 0.29) is 54.1 Å². The van der Waals surface area contributed by atoms with Crippen LogP contribution in [0, 0.1) is 23.7 Å². The van der Waals surface area contributed by atoms with Gasteiger partial charge in [-0.1, -0.05) is 67.0 Å². The number of aliphatic hydroxyl groups excluding tert-OH is 1. The fourth-order valence-electron chi connectivity index (χ4n) is 4.61. The molecule has 0 bridgehead atoms. The lowest BCUT2D eigenvalue weighted by Gasteiger charge is -2.29. The van der Waals surface area contributed by atoms with Gasteiger partial charge >= 0.3 is 5.97 Å². The van der Waals surface area contributed by atoms with Crippen molar-refractivity contribution in [3.8, 4) is 5.75 Å². The lowest BCUT2D eigenvalue weighted by molar-refractivity contribution is -0.148. The minimum Gasteiger partial charge on any atom is -0.492 e. The van der Waals surface area contributed by atoms with Gasteiger partial charge in [0.1, 0.15) is 12.4 Å². The Balaban J connectivity index is 0.0000152. The van der Waals surface area contributed by atoms with Gasteiger partial charge in [0.25, 0.3) is 0 Å². The number of esters is 1. The van der Waals surface area contributed by atoms with Gasteiger partial charge in [-0.15, -0.1) is 12.4 Å². The Kier molecular flexibility index (Phi) is 17.7. The number of halogens is 1. The lowest BCUT2D eigenvalue weighted by Crippen LogP contribution is -2.41. The lowest BCUT2D eigenvalue weighted by atomic mass is 9.81. The number of aliphatic hydroxyl groups is 1. The summed E-state index contributed by atoms with van der Waals surface area (Å²) in [6, 6.07) is 5.92. The van der Waals surface area contributed by atoms with E-state index in [0.29, 0.717) is 31.9 Å². The van der Waals surface area contributed by atoms with Crippen LogP contribution in [0.4, 0.5) is 0 Å². The Morgan fingerprint density at radius 2 is 1.70 bits per heavy atom. The molecule has 1 amide bonds. The summed E-state index contributed by atoms with van der Waals surface area (Å²) in [6.07, 6.45) is 3.02. The predicted molar refractivity (Wildman–Crippen MR) is 166 cm³/mol. The first-order chi connectivity index (χ1) is 18.2. The van der Waals surface area contributed by atoms with Crippen molar-refractivity contribution in [2.45, 2.75) is 112 Å². The van der Waals surface area contributed by atoms with Gasteiger partial charge in [-0.2, -0.15) is 0 Å². The van der Waals surface area contributed by atoms with Crippen LogP contribution in [-0.2, 0) is 26.2 Å². The van der Waals surface area contributed by atoms with E-state index < -0.39 is 12.1 Å². The molecule has 0 spiro atoms. The van der Waals surface area contributed by atoms with E-state index >= 15 is 0 Å². The van der Waals surface area contributed by atoms with Crippen LogP contribution in [0.15, 0.2) is 18.2 Å². The number of ether oxygens (including phenoxy) is 2. The molecule has 0 heterocycles. The maximum atomic E-state index is 12.3. The molecule has 8 heteroatoms. The summed E-state index contributed by atoms with van der Waals surface area (Å²) >= 11 is 0. The Morgan fingerprint density at radius 1 is 1.05 bits per heavy atom. The maximum Gasteiger partial charge on any atom is 0.312 e. The third kappa shape index (κ3) is 13.2.